The number of halogens is 4. The molecule has 27 heavy (non-hydrogen) atoms. The molecule has 1 heterocycles. The molecular formula is C17H33F3IN5O. The van der Waals surface area contributed by atoms with Gasteiger partial charge in [-0.3, -0.25) is 14.7 Å². The Labute approximate surface area is 177 Å². The van der Waals surface area contributed by atoms with Crippen molar-refractivity contribution in [3.8, 4) is 0 Å². The largest absolute Gasteiger partial charge is 0.403 e. The smallest absolute Gasteiger partial charge is 0.357 e. The summed E-state index contributed by atoms with van der Waals surface area (Å²) in [7, 11) is 0. The first kappa shape index (κ1) is 26.2. The molecule has 0 spiro atoms. The van der Waals surface area contributed by atoms with Crippen molar-refractivity contribution in [3.05, 3.63) is 0 Å². The van der Waals surface area contributed by atoms with Gasteiger partial charge in [0.1, 0.15) is 6.04 Å². The van der Waals surface area contributed by atoms with Crippen molar-refractivity contribution < 1.29 is 18.0 Å². The molecule has 0 saturated carbocycles. The molecule has 1 aliphatic rings. The van der Waals surface area contributed by atoms with Crippen molar-refractivity contribution in [3.63, 3.8) is 0 Å². The van der Waals surface area contributed by atoms with E-state index in [1.807, 2.05) is 25.7 Å². The minimum atomic E-state index is -4.20. The molecule has 0 bridgehead atoms. The van der Waals surface area contributed by atoms with E-state index in [-0.39, 0.29) is 29.9 Å². The summed E-state index contributed by atoms with van der Waals surface area (Å²) >= 11 is 0. The van der Waals surface area contributed by atoms with Crippen LogP contribution in [0.15, 0.2) is 4.99 Å². The first-order valence-electron chi connectivity index (χ1n) is 9.36. The van der Waals surface area contributed by atoms with Crippen LogP contribution in [0.1, 0.15) is 34.1 Å². The Balaban J connectivity index is 0.00000676. The summed E-state index contributed by atoms with van der Waals surface area (Å²) in [6.45, 7) is 11.1. The number of hydrogen-bond acceptors (Lipinski definition) is 3. The van der Waals surface area contributed by atoms with Gasteiger partial charge in [-0.1, -0.05) is 0 Å². The van der Waals surface area contributed by atoms with E-state index >= 15 is 0 Å². The predicted molar refractivity (Wildman–Crippen MR) is 113 cm³/mol. The predicted octanol–water partition coefficient (Wildman–Crippen LogP) is 2.40. The quantitative estimate of drug-likeness (QED) is 0.327. The zero-order valence-electron chi connectivity index (χ0n) is 16.7. The van der Waals surface area contributed by atoms with Gasteiger partial charge in [0, 0.05) is 52.2 Å². The zero-order chi connectivity index (χ0) is 19.7. The number of guanidine groups is 1. The average molecular weight is 507 g/mol. The van der Waals surface area contributed by atoms with Gasteiger partial charge in [0.2, 0.25) is 5.91 Å². The number of piperazine rings is 1. The van der Waals surface area contributed by atoms with E-state index in [4.69, 9.17) is 0 Å². The maximum Gasteiger partial charge on any atom is 0.403 e. The molecule has 0 aromatic heterocycles. The Morgan fingerprint density at radius 2 is 1.70 bits per heavy atom. The summed E-state index contributed by atoms with van der Waals surface area (Å²) in [4.78, 5) is 21.7. The summed E-state index contributed by atoms with van der Waals surface area (Å²) < 4.78 is 38.5. The molecule has 160 valence electrons. The van der Waals surface area contributed by atoms with Crippen LogP contribution < -0.4 is 5.32 Å². The molecule has 0 aliphatic carbocycles. The van der Waals surface area contributed by atoms with Crippen LogP contribution in [0.5, 0.6) is 0 Å². The number of rotatable bonds is 7. The molecule has 1 atom stereocenters. The fourth-order valence-corrected chi connectivity index (χ4v) is 2.95. The van der Waals surface area contributed by atoms with Gasteiger partial charge in [-0.25, -0.2) is 0 Å². The molecule has 6 nitrogen and oxygen atoms in total. The summed E-state index contributed by atoms with van der Waals surface area (Å²) in [6.07, 6.45) is -3.87. The number of aliphatic imine (C=N–C) groups is 1. The number of nitrogens with zero attached hydrogens (tertiary/aromatic N) is 4. The number of amides is 1. The maximum absolute atomic E-state index is 12.8. The lowest BCUT2D eigenvalue weighted by Gasteiger charge is -2.39. The van der Waals surface area contributed by atoms with Gasteiger partial charge in [-0.2, -0.15) is 13.2 Å². The van der Waals surface area contributed by atoms with Crippen molar-refractivity contribution in [1.82, 2.24) is 20.0 Å². The molecule has 1 aliphatic heterocycles. The normalized spacial score (nSPS) is 17.3. The maximum atomic E-state index is 12.8. The molecule has 1 fully saturated rings. The van der Waals surface area contributed by atoms with E-state index in [0.717, 1.165) is 0 Å². The van der Waals surface area contributed by atoms with Gasteiger partial charge in [0.05, 0.1) is 6.54 Å². The molecule has 1 amide bonds. The zero-order valence-corrected chi connectivity index (χ0v) is 19.0. The highest BCUT2D eigenvalue weighted by Gasteiger charge is 2.41. The number of hydrogen-bond donors (Lipinski definition) is 1. The molecule has 1 saturated heterocycles. The molecular weight excluding hydrogens is 474 g/mol. The average Bonchev–Trinajstić information content (AvgIpc) is 2.61. The summed E-state index contributed by atoms with van der Waals surface area (Å²) in [5.74, 6) is 0.734. The lowest BCUT2D eigenvalue weighted by Crippen LogP contribution is -2.56. The fourth-order valence-electron chi connectivity index (χ4n) is 2.95. The van der Waals surface area contributed by atoms with Crippen molar-refractivity contribution in [2.75, 3.05) is 52.4 Å². The number of nitrogens with one attached hydrogen (secondary N) is 1. The summed E-state index contributed by atoms with van der Waals surface area (Å²) in [5, 5.41) is 3.17. The summed E-state index contributed by atoms with van der Waals surface area (Å²) in [5.41, 5.74) is 0. The lowest BCUT2D eigenvalue weighted by atomic mass is 10.2. The van der Waals surface area contributed by atoms with Gasteiger partial charge in [0.25, 0.3) is 0 Å². The minimum absolute atomic E-state index is 0. The molecule has 1 N–H and O–H groups in total. The van der Waals surface area contributed by atoms with Crippen LogP contribution in [-0.2, 0) is 4.79 Å². The Hall–Kier alpha value is -0.780. The van der Waals surface area contributed by atoms with Crippen molar-refractivity contribution in [1.29, 1.82) is 0 Å². The second-order valence-electron chi connectivity index (χ2n) is 6.29. The van der Waals surface area contributed by atoms with Crippen molar-refractivity contribution in [2.45, 2.75) is 46.3 Å². The topological polar surface area (TPSA) is 51.2 Å². The molecule has 10 heteroatoms. The van der Waals surface area contributed by atoms with E-state index in [1.54, 1.807) is 4.90 Å². The minimum Gasteiger partial charge on any atom is -0.357 e. The highest BCUT2D eigenvalue weighted by molar-refractivity contribution is 14.0. The summed E-state index contributed by atoms with van der Waals surface area (Å²) in [6, 6.07) is -1.43. The first-order chi connectivity index (χ1) is 12.2. The van der Waals surface area contributed by atoms with Gasteiger partial charge in [-0.05, 0) is 27.7 Å². The standard InChI is InChI=1S/C17H32F3N5O.HI/c1-5-21-16(22-9-8-15(26)23(6-2)7-3)25-12-10-24(11-13-25)14(4)17(18,19)20;/h14H,5-13H2,1-4H3,(H,21,22);1H. The van der Waals surface area contributed by atoms with E-state index in [1.165, 1.54) is 11.8 Å². The highest BCUT2D eigenvalue weighted by Crippen LogP contribution is 2.25. The molecule has 0 radical (unpaired) electrons. The van der Waals surface area contributed by atoms with Gasteiger partial charge >= 0.3 is 6.18 Å². The highest BCUT2D eigenvalue weighted by atomic mass is 127. The van der Waals surface area contributed by atoms with Crippen LogP contribution in [-0.4, -0.2) is 91.1 Å². The Morgan fingerprint density at radius 3 is 2.15 bits per heavy atom. The molecule has 0 aromatic rings. The second-order valence-corrected chi connectivity index (χ2v) is 6.29. The second kappa shape index (κ2) is 12.6. The van der Waals surface area contributed by atoms with Gasteiger partial charge < -0.3 is 15.1 Å². The number of alkyl halides is 3. The first-order valence-corrected chi connectivity index (χ1v) is 9.36. The molecule has 1 unspecified atom stereocenters. The lowest BCUT2D eigenvalue weighted by molar-refractivity contribution is -0.181. The van der Waals surface area contributed by atoms with E-state index in [9.17, 15) is 18.0 Å². The van der Waals surface area contributed by atoms with Crippen molar-refractivity contribution >= 4 is 35.8 Å². The Morgan fingerprint density at radius 1 is 1.15 bits per heavy atom. The van der Waals surface area contributed by atoms with Crippen LogP contribution in [0, 0.1) is 0 Å². The van der Waals surface area contributed by atoms with Crippen LogP contribution in [0.4, 0.5) is 13.2 Å². The van der Waals surface area contributed by atoms with E-state index in [0.29, 0.717) is 64.7 Å². The monoisotopic (exact) mass is 507 g/mol. The number of carbonyl (C=O) groups excluding carboxylic acids is 1. The molecule has 1 rings (SSSR count). The van der Waals surface area contributed by atoms with E-state index < -0.39 is 12.2 Å². The van der Waals surface area contributed by atoms with Gasteiger partial charge in [-0.15, -0.1) is 24.0 Å². The fraction of sp³-hybridized carbons (Fsp3) is 0.882. The third-order valence-electron chi connectivity index (χ3n) is 4.67. The number of carbonyl (C=O) groups is 1. The Kier molecular flexibility index (Phi) is 12.3. The third-order valence-corrected chi connectivity index (χ3v) is 4.67. The Bertz CT molecular complexity index is 464. The third kappa shape index (κ3) is 8.41. The van der Waals surface area contributed by atoms with Crippen LogP contribution in [0.25, 0.3) is 0 Å². The van der Waals surface area contributed by atoms with Gasteiger partial charge in [0.15, 0.2) is 5.96 Å². The van der Waals surface area contributed by atoms with Crippen LogP contribution in [0.2, 0.25) is 0 Å². The van der Waals surface area contributed by atoms with Crippen molar-refractivity contribution in [2.24, 2.45) is 4.99 Å². The SMILES string of the molecule is CCNC(=NCCC(=O)N(CC)CC)N1CCN(C(C)C(F)(F)F)CC1.I. The molecule has 0 aromatic carbocycles. The van der Waals surface area contributed by atoms with E-state index in [2.05, 4.69) is 10.3 Å². The van der Waals surface area contributed by atoms with Crippen LogP contribution in [0.3, 0.4) is 0 Å². The van der Waals surface area contributed by atoms with Crippen LogP contribution >= 0.6 is 24.0 Å².